The van der Waals surface area contributed by atoms with Gasteiger partial charge in [-0.05, 0) is 34.5 Å². The van der Waals surface area contributed by atoms with E-state index in [2.05, 4.69) is 25.8 Å². The monoisotopic (exact) mass is 344 g/mol. The second-order valence-electron chi connectivity index (χ2n) is 4.20. The van der Waals surface area contributed by atoms with Crippen molar-refractivity contribution >= 4 is 32.8 Å². The van der Waals surface area contributed by atoms with E-state index >= 15 is 0 Å². The number of fused-ring (bicyclic) bond motifs is 1. The lowest BCUT2D eigenvalue weighted by molar-refractivity contribution is 0.0600. The highest BCUT2D eigenvalue weighted by Gasteiger charge is 2.17. The Morgan fingerprint density at radius 3 is 2.85 bits per heavy atom. The normalized spacial score (nSPS) is 11.0. The van der Waals surface area contributed by atoms with E-state index in [-0.39, 0.29) is 5.56 Å². The summed E-state index contributed by atoms with van der Waals surface area (Å²) < 4.78 is 25.8. The van der Waals surface area contributed by atoms with E-state index in [0.29, 0.717) is 28.7 Å². The Labute approximate surface area is 123 Å². The van der Waals surface area contributed by atoms with E-state index in [1.807, 2.05) is 0 Å². The van der Waals surface area contributed by atoms with E-state index in [1.54, 1.807) is 17.9 Å². The Bertz CT molecular complexity index is 642. The fourth-order valence-electron chi connectivity index (χ4n) is 1.97. The molecular formula is C13H14BrFN2O3. The molecule has 1 aromatic heterocycles. The number of benzene rings is 1. The molecule has 7 heteroatoms. The molecular weight excluding hydrogens is 331 g/mol. The third-order valence-electron chi connectivity index (χ3n) is 2.90. The Kier molecular flexibility index (Phi) is 4.72. The van der Waals surface area contributed by atoms with E-state index in [9.17, 15) is 9.18 Å². The molecule has 5 nitrogen and oxygen atoms in total. The van der Waals surface area contributed by atoms with Crippen LogP contribution in [0.4, 0.5) is 4.39 Å². The van der Waals surface area contributed by atoms with Gasteiger partial charge in [0.1, 0.15) is 10.4 Å². The SMILES string of the molecule is COCCCn1nc(Br)c2c(F)cc(C(=O)OC)cc21. The van der Waals surface area contributed by atoms with Gasteiger partial charge in [-0.3, -0.25) is 4.68 Å². The Balaban J connectivity index is 2.48. The minimum absolute atomic E-state index is 0.165. The van der Waals surface area contributed by atoms with Crippen molar-refractivity contribution in [2.75, 3.05) is 20.8 Å². The van der Waals surface area contributed by atoms with Crippen molar-refractivity contribution in [3.05, 3.63) is 28.1 Å². The van der Waals surface area contributed by atoms with Gasteiger partial charge in [0.25, 0.3) is 0 Å². The summed E-state index contributed by atoms with van der Waals surface area (Å²) in [5.74, 6) is -1.08. The van der Waals surface area contributed by atoms with E-state index in [4.69, 9.17) is 4.74 Å². The first-order valence-electron chi connectivity index (χ1n) is 6.01. The molecule has 0 N–H and O–H groups in total. The Morgan fingerprint density at radius 1 is 1.45 bits per heavy atom. The molecule has 0 radical (unpaired) electrons. The number of carbonyl (C=O) groups is 1. The average molecular weight is 345 g/mol. The number of aromatic nitrogens is 2. The average Bonchev–Trinajstić information content (AvgIpc) is 2.75. The first-order valence-corrected chi connectivity index (χ1v) is 6.80. The van der Waals surface area contributed by atoms with Gasteiger partial charge in [0.15, 0.2) is 0 Å². The quantitative estimate of drug-likeness (QED) is 0.618. The van der Waals surface area contributed by atoms with Gasteiger partial charge in [0.05, 0.1) is 23.6 Å². The number of hydrogen-bond donors (Lipinski definition) is 0. The summed E-state index contributed by atoms with van der Waals surface area (Å²) in [6.45, 7) is 1.15. The number of halogens is 2. The maximum absolute atomic E-state index is 14.1. The third-order valence-corrected chi connectivity index (χ3v) is 3.46. The van der Waals surface area contributed by atoms with Crippen LogP contribution in [0.5, 0.6) is 0 Å². The van der Waals surface area contributed by atoms with E-state index in [1.165, 1.54) is 7.11 Å². The number of carbonyl (C=O) groups excluding carboxylic acids is 1. The number of esters is 1. The van der Waals surface area contributed by atoms with Crippen LogP contribution >= 0.6 is 15.9 Å². The second-order valence-corrected chi connectivity index (χ2v) is 4.96. The number of nitrogens with zero attached hydrogens (tertiary/aromatic N) is 2. The van der Waals surface area contributed by atoms with Gasteiger partial charge in [-0.2, -0.15) is 5.10 Å². The van der Waals surface area contributed by atoms with Crippen molar-refractivity contribution < 1.29 is 18.7 Å². The van der Waals surface area contributed by atoms with Gasteiger partial charge in [-0.25, -0.2) is 9.18 Å². The fourth-order valence-corrected chi connectivity index (χ4v) is 2.56. The van der Waals surface area contributed by atoms with Crippen LogP contribution < -0.4 is 0 Å². The van der Waals surface area contributed by atoms with Crippen LogP contribution in [0.3, 0.4) is 0 Å². The lowest BCUT2D eigenvalue weighted by Gasteiger charge is -2.05. The van der Waals surface area contributed by atoms with Crippen molar-refractivity contribution in [3.8, 4) is 0 Å². The van der Waals surface area contributed by atoms with E-state index < -0.39 is 11.8 Å². The summed E-state index contributed by atoms with van der Waals surface area (Å²) in [4.78, 5) is 11.5. The minimum Gasteiger partial charge on any atom is -0.465 e. The highest BCUT2D eigenvalue weighted by molar-refractivity contribution is 9.10. The highest BCUT2D eigenvalue weighted by atomic mass is 79.9. The topological polar surface area (TPSA) is 53.4 Å². The number of hydrogen-bond acceptors (Lipinski definition) is 4. The van der Waals surface area contributed by atoms with Gasteiger partial charge in [0.2, 0.25) is 0 Å². The first kappa shape index (κ1) is 14.9. The number of rotatable bonds is 5. The summed E-state index contributed by atoms with van der Waals surface area (Å²) in [7, 11) is 2.88. The number of methoxy groups -OCH3 is 2. The summed E-state index contributed by atoms with van der Waals surface area (Å²) >= 11 is 3.24. The molecule has 0 amide bonds. The summed E-state index contributed by atoms with van der Waals surface area (Å²) in [6, 6.07) is 2.73. The molecule has 2 aromatic rings. The maximum atomic E-state index is 14.1. The van der Waals surface area contributed by atoms with Crippen LogP contribution in [0.15, 0.2) is 16.7 Å². The zero-order chi connectivity index (χ0) is 14.7. The molecule has 0 unspecified atom stereocenters. The number of aryl methyl sites for hydroxylation is 1. The van der Waals surface area contributed by atoms with Crippen molar-refractivity contribution in [1.82, 2.24) is 9.78 Å². The van der Waals surface area contributed by atoms with Gasteiger partial charge >= 0.3 is 5.97 Å². The van der Waals surface area contributed by atoms with Crippen LogP contribution in [-0.4, -0.2) is 36.6 Å². The molecule has 0 aliphatic carbocycles. The standard InChI is InChI=1S/C13H14BrFN2O3/c1-19-5-3-4-17-10-7-8(13(18)20-2)6-9(15)11(10)12(14)16-17/h6-7H,3-5H2,1-2H3. The Hall–Kier alpha value is -1.47. The summed E-state index contributed by atoms with van der Waals surface area (Å²) in [6.07, 6.45) is 0.740. The zero-order valence-corrected chi connectivity index (χ0v) is 12.7. The van der Waals surface area contributed by atoms with E-state index in [0.717, 1.165) is 12.5 Å². The smallest absolute Gasteiger partial charge is 0.338 e. The zero-order valence-electron chi connectivity index (χ0n) is 11.2. The molecule has 1 aromatic carbocycles. The molecule has 0 fully saturated rings. The van der Waals surface area contributed by atoms with Gasteiger partial charge in [-0.1, -0.05) is 0 Å². The predicted octanol–water partition coefficient (Wildman–Crippen LogP) is 2.76. The molecule has 0 saturated carbocycles. The van der Waals surface area contributed by atoms with Crippen molar-refractivity contribution in [2.45, 2.75) is 13.0 Å². The molecule has 0 saturated heterocycles. The van der Waals surface area contributed by atoms with Crippen molar-refractivity contribution in [2.24, 2.45) is 0 Å². The summed E-state index contributed by atoms with van der Waals surface area (Å²) in [5.41, 5.74) is 0.714. The molecule has 1 heterocycles. The lowest BCUT2D eigenvalue weighted by Crippen LogP contribution is -2.05. The fraction of sp³-hybridized carbons (Fsp3) is 0.385. The second kappa shape index (κ2) is 6.32. The van der Waals surface area contributed by atoms with Crippen molar-refractivity contribution in [1.29, 1.82) is 0 Å². The molecule has 108 valence electrons. The van der Waals surface area contributed by atoms with Crippen molar-refractivity contribution in [3.63, 3.8) is 0 Å². The van der Waals surface area contributed by atoms with Gasteiger partial charge in [-0.15, -0.1) is 0 Å². The third kappa shape index (κ3) is 2.83. The number of ether oxygens (including phenoxy) is 2. The Morgan fingerprint density at radius 2 is 2.20 bits per heavy atom. The van der Waals surface area contributed by atoms with Crippen LogP contribution in [0.1, 0.15) is 16.8 Å². The lowest BCUT2D eigenvalue weighted by atomic mass is 10.1. The molecule has 0 bridgehead atoms. The molecule has 20 heavy (non-hydrogen) atoms. The summed E-state index contributed by atoms with van der Waals surface area (Å²) in [5, 5.41) is 4.59. The maximum Gasteiger partial charge on any atom is 0.338 e. The minimum atomic E-state index is -0.577. The van der Waals surface area contributed by atoms with Gasteiger partial charge in [0, 0.05) is 20.3 Å². The van der Waals surface area contributed by atoms with Gasteiger partial charge < -0.3 is 9.47 Å². The van der Waals surface area contributed by atoms with Crippen LogP contribution in [0.25, 0.3) is 10.9 Å². The largest absolute Gasteiger partial charge is 0.465 e. The van der Waals surface area contributed by atoms with Crippen LogP contribution in [0.2, 0.25) is 0 Å². The molecule has 0 spiro atoms. The first-order chi connectivity index (χ1) is 9.58. The predicted molar refractivity (Wildman–Crippen MR) is 75.2 cm³/mol. The van der Waals surface area contributed by atoms with Crippen LogP contribution in [-0.2, 0) is 16.0 Å². The highest BCUT2D eigenvalue weighted by Crippen LogP contribution is 2.28. The van der Waals surface area contributed by atoms with Crippen LogP contribution in [0, 0.1) is 5.82 Å². The molecule has 0 atom stereocenters. The molecule has 2 rings (SSSR count). The molecule has 0 aliphatic heterocycles. The molecule has 0 aliphatic rings.